The third kappa shape index (κ3) is 4.37. The molecule has 0 N–H and O–H groups in total. The molecule has 0 aliphatic heterocycles. The highest BCUT2D eigenvalue weighted by molar-refractivity contribution is 7.98. The summed E-state index contributed by atoms with van der Waals surface area (Å²) in [7, 11) is 0. The number of hydrogen-bond acceptors (Lipinski definition) is 6. The number of hydrogen-bond donors (Lipinski definition) is 0. The van der Waals surface area contributed by atoms with Crippen molar-refractivity contribution >= 4 is 45.9 Å². The summed E-state index contributed by atoms with van der Waals surface area (Å²) in [5.41, 5.74) is 1.87. The number of thioether (sulfide) groups is 1. The molecule has 5 rings (SSSR count). The fourth-order valence-electron chi connectivity index (χ4n) is 3.52. The zero-order chi connectivity index (χ0) is 22.2. The quantitative estimate of drug-likeness (QED) is 0.228. The second kappa shape index (κ2) is 8.81. The first-order chi connectivity index (χ1) is 15.5. The van der Waals surface area contributed by atoms with Crippen molar-refractivity contribution in [1.82, 2.24) is 14.8 Å². The number of nitrogens with zero attached hydrogens (tertiary/aromatic N) is 3. The van der Waals surface area contributed by atoms with Gasteiger partial charge in [-0.1, -0.05) is 47.1 Å². The number of ether oxygens (including phenoxy) is 1. The summed E-state index contributed by atoms with van der Waals surface area (Å²) in [6.45, 7) is 2.16. The van der Waals surface area contributed by atoms with Crippen LogP contribution >= 0.6 is 35.0 Å². The van der Waals surface area contributed by atoms with E-state index in [-0.39, 0.29) is 12.2 Å². The van der Waals surface area contributed by atoms with Crippen molar-refractivity contribution in [1.29, 1.82) is 0 Å². The highest BCUT2D eigenvalue weighted by atomic mass is 35.5. The first-order valence-corrected chi connectivity index (χ1v) is 11.9. The fraction of sp³-hybridized carbons (Fsp3) is 0.261. The largest absolute Gasteiger partial charge is 0.484 e. The van der Waals surface area contributed by atoms with E-state index in [1.165, 1.54) is 17.8 Å². The molecule has 0 atom stereocenters. The number of benzene rings is 2. The second-order valence-corrected chi connectivity index (χ2v) is 9.45. The molecule has 0 radical (unpaired) electrons. The van der Waals surface area contributed by atoms with Crippen LogP contribution in [0.1, 0.15) is 35.8 Å². The monoisotopic (exact) mass is 487 g/mol. The van der Waals surface area contributed by atoms with Gasteiger partial charge in [-0.05, 0) is 55.2 Å². The lowest BCUT2D eigenvalue weighted by molar-refractivity contribution is 0.288. The lowest BCUT2D eigenvalue weighted by atomic mass is 10.1. The number of halogens is 2. The van der Waals surface area contributed by atoms with E-state index in [0.29, 0.717) is 33.2 Å². The van der Waals surface area contributed by atoms with Gasteiger partial charge in [-0.15, -0.1) is 10.2 Å². The lowest BCUT2D eigenvalue weighted by Gasteiger charge is -2.11. The number of aryl methyl sites for hydroxylation is 1. The van der Waals surface area contributed by atoms with Crippen molar-refractivity contribution in [3.63, 3.8) is 0 Å². The summed E-state index contributed by atoms with van der Waals surface area (Å²) in [5.74, 6) is 1.91. The smallest absolute Gasteiger partial charge is 0.336 e. The second-order valence-electron chi connectivity index (χ2n) is 7.70. The van der Waals surface area contributed by atoms with Crippen molar-refractivity contribution < 1.29 is 9.15 Å². The minimum atomic E-state index is -0.382. The van der Waals surface area contributed by atoms with Crippen LogP contribution in [0.4, 0.5) is 0 Å². The fourth-order valence-corrected chi connectivity index (χ4v) is 4.89. The molecule has 1 saturated carbocycles. The number of rotatable bonds is 7. The molecule has 2 aromatic heterocycles. The Bertz CT molecular complexity index is 1360. The molecule has 9 heteroatoms. The van der Waals surface area contributed by atoms with Crippen LogP contribution < -0.4 is 10.4 Å². The Hall–Kier alpha value is -2.48. The molecule has 1 aliphatic carbocycles. The zero-order valence-corrected chi connectivity index (χ0v) is 19.5. The Morgan fingerprint density at radius 1 is 1.16 bits per heavy atom. The molecule has 0 spiro atoms. The van der Waals surface area contributed by atoms with Crippen molar-refractivity contribution in [2.75, 3.05) is 0 Å². The van der Waals surface area contributed by atoms with Gasteiger partial charge < -0.3 is 9.15 Å². The van der Waals surface area contributed by atoms with Crippen LogP contribution in [0.3, 0.4) is 0 Å². The van der Waals surface area contributed by atoms with E-state index in [4.69, 9.17) is 32.4 Å². The molecule has 2 aromatic carbocycles. The van der Waals surface area contributed by atoms with E-state index in [0.717, 1.165) is 40.3 Å². The molecule has 164 valence electrons. The third-order valence-electron chi connectivity index (χ3n) is 5.31. The Labute approximate surface area is 198 Å². The number of para-hydroxylation sites is 1. The molecule has 1 aliphatic rings. The van der Waals surface area contributed by atoms with Crippen LogP contribution in [0.25, 0.3) is 11.0 Å². The molecule has 0 unspecified atom stereocenters. The summed E-state index contributed by atoms with van der Waals surface area (Å²) in [5, 5.41) is 11.6. The maximum atomic E-state index is 12.1. The van der Waals surface area contributed by atoms with Gasteiger partial charge in [0.1, 0.15) is 17.9 Å². The predicted molar refractivity (Wildman–Crippen MR) is 126 cm³/mol. The summed E-state index contributed by atoms with van der Waals surface area (Å²) >= 11 is 14.0. The number of aromatic nitrogens is 3. The van der Waals surface area contributed by atoms with Gasteiger partial charge in [0.2, 0.25) is 0 Å². The van der Waals surface area contributed by atoms with Gasteiger partial charge in [-0.25, -0.2) is 4.79 Å². The van der Waals surface area contributed by atoms with Crippen LogP contribution in [-0.2, 0) is 12.4 Å². The van der Waals surface area contributed by atoms with Crippen LogP contribution in [0, 0.1) is 6.92 Å². The Morgan fingerprint density at radius 3 is 2.75 bits per heavy atom. The van der Waals surface area contributed by atoms with Crippen LogP contribution in [0.2, 0.25) is 10.0 Å². The highest BCUT2D eigenvalue weighted by Gasteiger charge is 2.30. The van der Waals surface area contributed by atoms with Gasteiger partial charge >= 0.3 is 5.63 Å². The molecule has 1 fully saturated rings. The van der Waals surface area contributed by atoms with Gasteiger partial charge in [0.25, 0.3) is 0 Å². The molecule has 4 aromatic rings. The Morgan fingerprint density at radius 2 is 1.97 bits per heavy atom. The minimum Gasteiger partial charge on any atom is -0.484 e. The van der Waals surface area contributed by atoms with Gasteiger partial charge in [-0.2, -0.15) is 0 Å². The van der Waals surface area contributed by atoms with Gasteiger partial charge in [-0.3, -0.25) is 4.57 Å². The maximum absolute atomic E-state index is 12.1. The first kappa shape index (κ1) is 21.4. The summed E-state index contributed by atoms with van der Waals surface area (Å²) in [6, 6.07) is 12.9. The summed E-state index contributed by atoms with van der Waals surface area (Å²) in [6.07, 6.45) is 2.16. The van der Waals surface area contributed by atoms with Gasteiger partial charge in [0, 0.05) is 28.3 Å². The normalized spacial score (nSPS) is 13.6. The van der Waals surface area contributed by atoms with Crippen molar-refractivity contribution in [2.24, 2.45) is 0 Å². The SMILES string of the molecule is Cc1cc2oc(=O)cc(CSc3nnc(COc4ccccc4Cl)n3C3CC3)c2cc1Cl. The average molecular weight is 488 g/mol. The molecule has 0 saturated heterocycles. The molecule has 6 nitrogen and oxygen atoms in total. The minimum absolute atomic E-state index is 0.278. The Kier molecular flexibility index (Phi) is 5.88. The van der Waals surface area contributed by atoms with E-state index in [9.17, 15) is 4.79 Å². The predicted octanol–water partition coefficient (Wildman–Crippen LogP) is 6.21. The third-order valence-corrected chi connectivity index (χ3v) is 7.02. The molecule has 2 heterocycles. The lowest BCUT2D eigenvalue weighted by Crippen LogP contribution is -2.07. The Balaban J connectivity index is 1.39. The van der Waals surface area contributed by atoms with Crippen molar-refractivity contribution in [3.8, 4) is 5.75 Å². The zero-order valence-electron chi connectivity index (χ0n) is 17.2. The molecule has 0 bridgehead atoms. The molecule has 0 amide bonds. The summed E-state index contributed by atoms with van der Waals surface area (Å²) < 4.78 is 13.4. The molecule has 32 heavy (non-hydrogen) atoms. The van der Waals surface area contributed by atoms with Crippen LogP contribution in [0.15, 0.2) is 56.8 Å². The van der Waals surface area contributed by atoms with Crippen LogP contribution in [0.5, 0.6) is 5.75 Å². The standard InChI is InChI=1S/C23H19Cl2N3O3S/c1-13-8-20-16(10-18(13)25)14(9-22(29)31-20)12-32-23-27-26-21(28(23)15-6-7-15)11-30-19-5-3-2-4-17(19)24/h2-5,8-10,15H,6-7,11-12H2,1H3. The van der Waals surface area contributed by atoms with Gasteiger partial charge in [0.05, 0.1) is 5.02 Å². The highest BCUT2D eigenvalue weighted by Crippen LogP contribution is 2.40. The topological polar surface area (TPSA) is 70.2 Å². The van der Waals surface area contributed by atoms with Gasteiger partial charge in [0.15, 0.2) is 11.0 Å². The number of fused-ring (bicyclic) bond motifs is 1. The van der Waals surface area contributed by atoms with E-state index in [1.807, 2.05) is 31.2 Å². The molecular formula is C23H19Cl2N3O3S. The van der Waals surface area contributed by atoms with Crippen molar-refractivity contribution in [2.45, 2.75) is 43.3 Å². The first-order valence-electron chi connectivity index (χ1n) is 10.2. The van der Waals surface area contributed by atoms with E-state index >= 15 is 0 Å². The van der Waals surface area contributed by atoms with E-state index in [2.05, 4.69) is 14.8 Å². The maximum Gasteiger partial charge on any atom is 0.336 e. The van der Waals surface area contributed by atoms with Crippen LogP contribution in [-0.4, -0.2) is 14.8 Å². The van der Waals surface area contributed by atoms with Crippen molar-refractivity contribution in [3.05, 3.63) is 79.9 Å². The molecular weight excluding hydrogens is 469 g/mol. The summed E-state index contributed by atoms with van der Waals surface area (Å²) in [4.78, 5) is 12.1. The van der Waals surface area contributed by atoms with E-state index in [1.54, 1.807) is 12.1 Å². The average Bonchev–Trinajstić information content (AvgIpc) is 3.52. The van der Waals surface area contributed by atoms with E-state index < -0.39 is 0 Å².